The Labute approximate surface area is 245 Å². The van der Waals surface area contributed by atoms with E-state index < -0.39 is 17.8 Å². The summed E-state index contributed by atoms with van der Waals surface area (Å²) in [5.74, 6) is -0.732. The highest BCUT2D eigenvalue weighted by Crippen LogP contribution is 2.39. The highest BCUT2D eigenvalue weighted by Gasteiger charge is 2.37. The number of urea groups is 1. The van der Waals surface area contributed by atoms with E-state index in [4.69, 9.17) is 32.7 Å². The van der Waals surface area contributed by atoms with Crippen LogP contribution < -0.4 is 19.7 Å². The van der Waals surface area contributed by atoms with Crippen molar-refractivity contribution in [3.8, 4) is 11.5 Å². The van der Waals surface area contributed by atoms with E-state index in [1.165, 1.54) is 6.08 Å². The molecule has 0 unspecified atom stereocenters. The van der Waals surface area contributed by atoms with Crippen molar-refractivity contribution >= 4 is 84.7 Å². The second-order valence-corrected chi connectivity index (χ2v) is 10.7. The highest BCUT2D eigenvalue weighted by molar-refractivity contribution is 9.10. The molecule has 4 amide bonds. The van der Waals surface area contributed by atoms with Crippen LogP contribution in [-0.4, -0.2) is 24.5 Å². The van der Waals surface area contributed by atoms with Gasteiger partial charge in [0.05, 0.1) is 16.8 Å². The van der Waals surface area contributed by atoms with E-state index in [2.05, 4.69) is 37.2 Å². The van der Waals surface area contributed by atoms with Crippen LogP contribution in [0.3, 0.4) is 0 Å². The Balaban J connectivity index is 1.67. The normalized spacial score (nSPS) is 14.6. The van der Waals surface area contributed by atoms with Gasteiger partial charge in [0.1, 0.15) is 12.2 Å². The SMILES string of the molecule is CCOc1cc(/C=C2\C(=O)NC(=O)N(c3ccc(Br)c(C)c3)C2=O)cc(Br)c1OCc1ccc(Cl)cc1Cl. The number of amides is 4. The molecule has 0 bridgehead atoms. The summed E-state index contributed by atoms with van der Waals surface area (Å²) in [7, 11) is 0. The number of halogens is 4. The largest absolute Gasteiger partial charge is 0.490 e. The Hall–Kier alpha value is -2.85. The van der Waals surface area contributed by atoms with Crippen LogP contribution >= 0.6 is 55.1 Å². The van der Waals surface area contributed by atoms with Gasteiger partial charge in [-0.15, -0.1) is 0 Å². The van der Waals surface area contributed by atoms with Gasteiger partial charge in [0.15, 0.2) is 11.5 Å². The van der Waals surface area contributed by atoms with Crippen molar-refractivity contribution in [3.05, 3.63) is 89.8 Å². The van der Waals surface area contributed by atoms with Gasteiger partial charge in [0, 0.05) is 20.1 Å². The van der Waals surface area contributed by atoms with E-state index in [-0.39, 0.29) is 12.2 Å². The zero-order valence-electron chi connectivity index (χ0n) is 20.1. The molecule has 0 aromatic heterocycles. The number of aryl methyl sites for hydroxylation is 1. The molecular formula is C27H20Br2Cl2N2O5. The lowest BCUT2D eigenvalue weighted by Gasteiger charge is -2.26. The van der Waals surface area contributed by atoms with Gasteiger partial charge in [0.25, 0.3) is 11.8 Å². The fraction of sp³-hybridized carbons (Fsp3) is 0.148. The first-order chi connectivity index (χ1) is 18.1. The van der Waals surface area contributed by atoms with E-state index in [9.17, 15) is 14.4 Å². The molecular weight excluding hydrogens is 663 g/mol. The zero-order valence-corrected chi connectivity index (χ0v) is 24.8. The Morgan fingerprint density at radius 1 is 0.974 bits per heavy atom. The Bertz CT molecular complexity index is 1490. The van der Waals surface area contributed by atoms with Crippen LogP contribution in [0.1, 0.15) is 23.6 Å². The van der Waals surface area contributed by atoms with Crippen molar-refractivity contribution < 1.29 is 23.9 Å². The summed E-state index contributed by atoms with van der Waals surface area (Å²) in [5.41, 5.74) is 2.17. The van der Waals surface area contributed by atoms with Gasteiger partial charge >= 0.3 is 6.03 Å². The number of imide groups is 2. The quantitative estimate of drug-likeness (QED) is 0.207. The van der Waals surface area contributed by atoms with E-state index in [0.717, 1.165) is 20.5 Å². The molecule has 1 fully saturated rings. The van der Waals surface area contributed by atoms with Crippen LogP contribution in [0.5, 0.6) is 11.5 Å². The van der Waals surface area contributed by atoms with Crippen molar-refractivity contribution in [2.75, 3.05) is 11.5 Å². The monoisotopic (exact) mass is 680 g/mol. The number of anilines is 1. The van der Waals surface area contributed by atoms with Crippen LogP contribution in [-0.2, 0) is 16.2 Å². The minimum atomic E-state index is -0.820. The number of nitrogens with zero attached hydrogens (tertiary/aromatic N) is 1. The Kier molecular flexibility index (Phi) is 8.82. The fourth-order valence-corrected chi connectivity index (χ4v) is 4.97. The van der Waals surface area contributed by atoms with Gasteiger partial charge in [0.2, 0.25) is 0 Å². The maximum atomic E-state index is 13.3. The van der Waals surface area contributed by atoms with Crippen molar-refractivity contribution in [2.45, 2.75) is 20.5 Å². The molecule has 0 atom stereocenters. The third kappa shape index (κ3) is 6.07. The minimum Gasteiger partial charge on any atom is -0.490 e. The van der Waals surface area contributed by atoms with E-state index in [1.807, 2.05) is 13.8 Å². The molecule has 3 aromatic rings. The topological polar surface area (TPSA) is 84.9 Å². The smallest absolute Gasteiger partial charge is 0.335 e. The van der Waals surface area contributed by atoms with E-state index in [0.29, 0.717) is 43.9 Å². The van der Waals surface area contributed by atoms with Crippen LogP contribution in [0.4, 0.5) is 10.5 Å². The second kappa shape index (κ2) is 11.9. The van der Waals surface area contributed by atoms with Gasteiger partial charge in [-0.3, -0.25) is 14.9 Å². The molecule has 1 N–H and O–H groups in total. The van der Waals surface area contributed by atoms with Crippen molar-refractivity contribution in [3.63, 3.8) is 0 Å². The molecule has 0 saturated carbocycles. The third-order valence-corrected chi connectivity index (χ3v) is 7.60. The summed E-state index contributed by atoms with van der Waals surface area (Å²) >= 11 is 19.1. The Morgan fingerprint density at radius 3 is 2.42 bits per heavy atom. The van der Waals surface area contributed by atoms with Gasteiger partial charge in [-0.05, 0) is 89.4 Å². The predicted molar refractivity (Wildman–Crippen MR) is 154 cm³/mol. The van der Waals surface area contributed by atoms with E-state index in [1.54, 1.807) is 48.5 Å². The van der Waals surface area contributed by atoms with Crippen LogP contribution in [0.2, 0.25) is 10.0 Å². The summed E-state index contributed by atoms with van der Waals surface area (Å²) < 4.78 is 13.1. The lowest BCUT2D eigenvalue weighted by atomic mass is 10.1. The summed E-state index contributed by atoms with van der Waals surface area (Å²) in [5, 5.41) is 3.22. The lowest BCUT2D eigenvalue weighted by molar-refractivity contribution is -0.122. The average molecular weight is 683 g/mol. The first-order valence-electron chi connectivity index (χ1n) is 11.3. The molecule has 1 saturated heterocycles. The second-order valence-electron chi connectivity index (χ2n) is 8.18. The van der Waals surface area contributed by atoms with Crippen LogP contribution in [0, 0.1) is 6.92 Å². The number of hydrogen-bond acceptors (Lipinski definition) is 5. The maximum Gasteiger partial charge on any atom is 0.335 e. The summed E-state index contributed by atoms with van der Waals surface area (Å²) in [4.78, 5) is 39.4. The molecule has 11 heteroatoms. The summed E-state index contributed by atoms with van der Waals surface area (Å²) in [6.07, 6.45) is 1.40. The van der Waals surface area contributed by atoms with Gasteiger partial charge in [-0.2, -0.15) is 0 Å². The molecule has 1 aliphatic rings. The fourth-order valence-electron chi connectivity index (χ4n) is 3.69. The van der Waals surface area contributed by atoms with E-state index >= 15 is 0 Å². The van der Waals surface area contributed by atoms with Crippen molar-refractivity contribution in [1.82, 2.24) is 5.32 Å². The van der Waals surface area contributed by atoms with Gasteiger partial charge in [-0.1, -0.05) is 45.2 Å². The van der Waals surface area contributed by atoms with Gasteiger partial charge < -0.3 is 9.47 Å². The Morgan fingerprint density at radius 2 is 1.74 bits per heavy atom. The summed E-state index contributed by atoms with van der Waals surface area (Å²) in [6, 6.07) is 12.6. The zero-order chi connectivity index (χ0) is 27.6. The maximum absolute atomic E-state index is 13.3. The number of carbonyl (C=O) groups is 3. The first kappa shape index (κ1) is 28.2. The van der Waals surface area contributed by atoms with Gasteiger partial charge in [-0.25, -0.2) is 9.69 Å². The number of barbiturate groups is 1. The van der Waals surface area contributed by atoms with Crippen LogP contribution in [0.25, 0.3) is 6.08 Å². The molecule has 3 aromatic carbocycles. The lowest BCUT2D eigenvalue weighted by Crippen LogP contribution is -2.54. The highest BCUT2D eigenvalue weighted by atomic mass is 79.9. The molecule has 4 rings (SSSR count). The molecule has 1 aliphatic heterocycles. The molecule has 0 aliphatic carbocycles. The number of ether oxygens (including phenoxy) is 2. The molecule has 7 nitrogen and oxygen atoms in total. The first-order valence-corrected chi connectivity index (χ1v) is 13.6. The number of rotatable bonds is 7. The van der Waals surface area contributed by atoms with Crippen molar-refractivity contribution in [2.24, 2.45) is 0 Å². The number of carbonyl (C=O) groups excluding carboxylic acids is 3. The number of hydrogen-bond donors (Lipinski definition) is 1. The molecule has 0 radical (unpaired) electrons. The predicted octanol–water partition coefficient (Wildman–Crippen LogP) is 7.47. The molecule has 38 heavy (non-hydrogen) atoms. The number of nitrogens with one attached hydrogen (secondary N) is 1. The summed E-state index contributed by atoms with van der Waals surface area (Å²) in [6.45, 7) is 4.15. The molecule has 1 heterocycles. The van der Waals surface area contributed by atoms with Crippen molar-refractivity contribution in [1.29, 1.82) is 0 Å². The molecule has 196 valence electrons. The average Bonchev–Trinajstić information content (AvgIpc) is 2.84. The van der Waals surface area contributed by atoms with Crippen LogP contribution in [0.15, 0.2) is 63.0 Å². The molecule has 0 spiro atoms. The number of benzene rings is 3. The minimum absolute atomic E-state index is 0.152. The standard InChI is InChI=1S/C27H20Br2Cl2N2O5/c1-3-37-23-11-15(10-21(29)24(23)38-13-16-4-5-17(30)12-22(16)31)9-19-25(34)32-27(36)33(26(19)35)18-6-7-20(28)14(2)8-18/h4-12H,3,13H2,1-2H3,(H,32,34,36)/b19-9+. The third-order valence-electron chi connectivity index (χ3n) is 5.53.